The first-order chi connectivity index (χ1) is 16.6. The second kappa shape index (κ2) is 9.47. The van der Waals surface area contributed by atoms with Crippen LogP contribution in [0.4, 0.5) is 10.1 Å². The summed E-state index contributed by atoms with van der Waals surface area (Å²) in [4.78, 5) is 29.6. The van der Waals surface area contributed by atoms with Crippen molar-refractivity contribution in [3.05, 3.63) is 95.7 Å². The number of nitrogens with zero attached hydrogens (tertiary/aromatic N) is 2. The van der Waals surface area contributed by atoms with Crippen molar-refractivity contribution in [2.75, 3.05) is 11.9 Å². The lowest BCUT2D eigenvalue weighted by Crippen LogP contribution is -2.28. The Bertz CT molecular complexity index is 1350. The summed E-state index contributed by atoms with van der Waals surface area (Å²) < 4.78 is 15.7. The fraction of sp³-hybridized carbons (Fsp3) is 0.222. The van der Waals surface area contributed by atoms with Crippen LogP contribution in [-0.4, -0.2) is 27.9 Å². The SMILES string of the molecule is O=C(NCCc1ccccn1)c1cc2cc(NC(=O)C3CC3)ccc2n1Cc1cccc(F)c1. The molecule has 172 valence electrons. The van der Waals surface area contributed by atoms with Crippen LogP contribution in [-0.2, 0) is 17.8 Å². The number of fused-ring (bicyclic) bond motifs is 1. The Labute approximate surface area is 196 Å². The minimum Gasteiger partial charge on any atom is -0.350 e. The molecular weight excluding hydrogens is 431 g/mol. The van der Waals surface area contributed by atoms with E-state index in [1.54, 1.807) is 12.3 Å². The quantitative estimate of drug-likeness (QED) is 0.409. The maximum atomic E-state index is 13.8. The van der Waals surface area contributed by atoms with Crippen LogP contribution in [0, 0.1) is 11.7 Å². The van der Waals surface area contributed by atoms with E-state index in [1.807, 2.05) is 53.1 Å². The van der Waals surface area contributed by atoms with E-state index in [-0.39, 0.29) is 23.5 Å². The number of halogens is 1. The van der Waals surface area contributed by atoms with Crippen LogP contribution < -0.4 is 10.6 Å². The van der Waals surface area contributed by atoms with Gasteiger partial charge in [0.1, 0.15) is 11.5 Å². The minimum absolute atomic E-state index is 0.0334. The summed E-state index contributed by atoms with van der Waals surface area (Å²) in [5, 5.41) is 6.76. The molecule has 34 heavy (non-hydrogen) atoms. The third-order valence-electron chi connectivity index (χ3n) is 5.97. The van der Waals surface area contributed by atoms with Crippen LogP contribution >= 0.6 is 0 Å². The zero-order chi connectivity index (χ0) is 23.5. The van der Waals surface area contributed by atoms with Gasteiger partial charge in [-0.1, -0.05) is 18.2 Å². The topological polar surface area (TPSA) is 76.0 Å². The molecule has 4 aromatic rings. The molecule has 2 amide bonds. The molecule has 0 atom stereocenters. The highest BCUT2D eigenvalue weighted by Crippen LogP contribution is 2.31. The van der Waals surface area contributed by atoms with Gasteiger partial charge in [0.2, 0.25) is 5.91 Å². The number of hydrogen-bond donors (Lipinski definition) is 2. The Morgan fingerprint density at radius 3 is 2.68 bits per heavy atom. The highest BCUT2D eigenvalue weighted by atomic mass is 19.1. The van der Waals surface area contributed by atoms with E-state index in [1.165, 1.54) is 12.1 Å². The lowest BCUT2D eigenvalue weighted by Gasteiger charge is -2.12. The number of carbonyl (C=O) groups excluding carboxylic acids is 2. The summed E-state index contributed by atoms with van der Waals surface area (Å²) in [5.74, 6) is -0.396. The Morgan fingerprint density at radius 2 is 1.91 bits per heavy atom. The molecule has 2 aromatic carbocycles. The number of aromatic nitrogens is 2. The number of amides is 2. The van der Waals surface area contributed by atoms with Gasteiger partial charge in [0.25, 0.3) is 5.91 Å². The number of rotatable bonds is 8. The summed E-state index contributed by atoms with van der Waals surface area (Å²) in [6, 6.07) is 19.5. The fourth-order valence-corrected chi connectivity index (χ4v) is 4.06. The predicted molar refractivity (Wildman–Crippen MR) is 129 cm³/mol. The highest BCUT2D eigenvalue weighted by Gasteiger charge is 2.29. The van der Waals surface area contributed by atoms with E-state index in [0.29, 0.717) is 30.9 Å². The number of anilines is 1. The van der Waals surface area contributed by atoms with E-state index in [4.69, 9.17) is 0 Å². The van der Waals surface area contributed by atoms with E-state index in [0.717, 1.165) is 35.0 Å². The van der Waals surface area contributed by atoms with Crippen molar-refractivity contribution in [1.82, 2.24) is 14.9 Å². The molecule has 0 radical (unpaired) electrons. The summed E-state index contributed by atoms with van der Waals surface area (Å²) in [6.45, 7) is 0.790. The average Bonchev–Trinajstić information content (AvgIpc) is 3.63. The zero-order valence-corrected chi connectivity index (χ0v) is 18.6. The van der Waals surface area contributed by atoms with Gasteiger partial charge in [0.05, 0.1) is 0 Å². The van der Waals surface area contributed by atoms with Gasteiger partial charge in [-0.05, 0) is 66.9 Å². The van der Waals surface area contributed by atoms with Gasteiger partial charge in [-0.3, -0.25) is 14.6 Å². The first kappa shape index (κ1) is 21.8. The Hall–Kier alpha value is -4.00. The number of pyridine rings is 1. The van der Waals surface area contributed by atoms with Gasteiger partial charge in [0, 0.05) is 53.9 Å². The first-order valence-corrected chi connectivity index (χ1v) is 11.4. The largest absolute Gasteiger partial charge is 0.350 e. The van der Waals surface area contributed by atoms with Gasteiger partial charge in [-0.15, -0.1) is 0 Å². The number of benzene rings is 2. The second-order valence-electron chi connectivity index (χ2n) is 8.61. The van der Waals surface area contributed by atoms with Gasteiger partial charge in [0.15, 0.2) is 0 Å². The lowest BCUT2D eigenvalue weighted by molar-refractivity contribution is -0.117. The molecule has 0 saturated heterocycles. The zero-order valence-electron chi connectivity index (χ0n) is 18.6. The molecule has 0 spiro atoms. The van der Waals surface area contributed by atoms with Crippen LogP contribution in [0.1, 0.15) is 34.6 Å². The van der Waals surface area contributed by atoms with Crippen molar-refractivity contribution >= 4 is 28.4 Å². The predicted octanol–water partition coefficient (Wildman–Crippen LogP) is 4.54. The van der Waals surface area contributed by atoms with Crippen LogP contribution in [0.25, 0.3) is 10.9 Å². The van der Waals surface area contributed by atoms with E-state index in [9.17, 15) is 14.0 Å². The molecular formula is C27H25FN4O2. The van der Waals surface area contributed by atoms with Crippen molar-refractivity contribution in [3.63, 3.8) is 0 Å². The minimum atomic E-state index is -0.319. The van der Waals surface area contributed by atoms with E-state index in [2.05, 4.69) is 15.6 Å². The number of nitrogens with one attached hydrogen (secondary N) is 2. The molecule has 6 nitrogen and oxygen atoms in total. The maximum Gasteiger partial charge on any atom is 0.267 e. The fourth-order valence-electron chi connectivity index (χ4n) is 4.06. The molecule has 1 aliphatic carbocycles. The van der Waals surface area contributed by atoms with Gasteiger partial charge in [-0.2, -0.15) is 0 Å². The molecule has 0 unspecified atom stereocenters. The van der Waals surface area contributed by atoms with Crippen molar-refractivity contribution < 1.29 is 14.0 Å². The highest BCUT2D eigenvalue weighted by molar-refractivity contribution is 6.01. The molecule has 0 bridgehead atoms. The van der Waals surface area contributed by atoms with Crippen molar-refractivity contribution in [1.29, 1.82) is 0 Å². The van der Waals surface area contributed by atoms with Gasteiger partial charge < -0.3 is 15.2 Å². The molecule has 2 aromatic heterocycles. The van der Waals surface area contributed by atoms with Gasteiger partial charge in [-0.25, -0.2) is 4.39 Å². The average molecular weight is 457 g/mol. The molecule has 2 heterocycles. The monoisotopic (exact) mass is 456 g/mol. The lowest BCUT2D eigenvalue weighted by atomic mass is 10.2. The Kier molecular flexibility index (Phi) is 6.08. The number of carbonyl (C=O) groups is 2. The molecule has 2 N–H and O–H groups in total. The van der Waals surface area contributed by atoms with Crippen LogP contribution in [0.2, 0.25) is 0 Å². The molecule has 1 saturated carbocycles. The van der Waals surface area contributed by atoms with Crippen molar-refractivity contribution in [2.24, 2.45) is 5.92 Å². The van der Waals surface area contributed by atoms with Gasteiger partial charge >= 0.3 is 0 Å². The van der Waals surface area contributed by atoms with E-state index >= 15 is 0 Å². The second-order valence-corrected chi connectivity index (χ2v) is 8.61. The third-order valence-corrected chi connectivity index (χ3v) is 5.97. The smallest absolute Gasteiger partial charge is 0.267 e. The molecule has 0 aliphatic heterocycles. The van der Waals surface area contributed by atoms with E-state index < -0.39 is 0 Å². The van der Waals surface area contributed by atoms with Crippen molar-refractivity contribution in [3.8, 4) is 0 Å². The first-order valence-electron chi connectivity index (χ1n) is 11.4. The normalized spacial score (nSPS) is 13.1. The third kappa shape index (κ3) is 4.98. The Morgan fingerprint density at radius 1 is 1.03 bits per heavy atom. The molecule has 5 rings (SSSR count). The summed E-state index contributed by atoms with van der Waals surface area (Å²) in [6.07, 6.45) is 4.21. The van der Waals surface area contributed by atoms with Crippen LogP contribution in [0.3, 0.4) is 0 Å². The summed E-state index contributed by atoms with van der Waals surface area (Å²) in [7, 11) is 0. The van der Waals surface area contributed by atoms with Crippen molar-refractivity contribution in [2.45, 2.75) is 25.8 Å². The Balaban J connectivity index is 1.42. The number of hydrogen-bond acceptors (Lipinski definition) is 3. The summed E-state index contributed by atoms with van der Waals surface area (Å²) in [5.41, 5.74) is 3.68. The molecule has 7 heteroatoms. The molecule has 1 aliphatic rings. The maximum absolute atomic E-state index is 13.8. The molecule has 1 fully saturated rings. The van der Waals surface area contributed by atoms with Crippen LogP contribution in [0.15, 0.2) is 72.9 Å². The van der Waals surface area contributed by atoms with Crippen LogP contribution in [0.5, 0.6) is 0 Å². The standard InChI is InChI=1S/C27H25FN4O2/c28-21-5-3-4-18(14-21)17-32-24-10-9-23(31-26(33)19-7-8-19)15-20(24)16-25(32)27(34)30-13-11-22-6-1-2-12-29-22/h1-6,9-10,12,14-16,19H,7-8,11,13,17H2,(H,30,34)(H,31,33). The summed E-state index contributed by atoms with van der Waals surface area (Å²) >= 11 is 0.